The van der Waals surface area contributed by atoms with Crippen molar-refractivity contribution >= 4 is 0 Å². The molecular weight excluding hydrogens is 228 g/mol. The van der Waals surface area contributed by atoms with E-state index >= 15 is 0 Å². The van der Waals surface area contributed by atoms with Gasteiger partial charge >= 0.3 is 0 Å². The van der Waals surface area contributed by atoms with Gasteiger partial charge in [0.2, 0.25) is 0 Å². The number of hydrogen-bond donors (Lipinski definition) is 3. The van der Waals surface area contributed by atoms with Crippen LogP contribution in [0.1, 0.15) is 11.1 Å². The first-order valence-corrected chi connectivity index (χ1v) is 6.67. The van der Waals surface area contributed by atoms with E-state index in [9.17, 15) is 5.11 Å². The molecule has 4 heteroatoms. The van der Waals surface area contributed by atoms with E-state index in [4.69, 9.17) is 4.74 Å². The number of nitrogens with one attached hydrogen (secondary N) is 2. The average Bonchev–Trinajstić information content (AvgIpc) is 2.98. The summed E-state index contributed by atoms with van der Waals surface area (Å²) in [5, 5.41) is 16.3. The lowest BCUT2D eigenvalue weighted by atomic mass is 10.1. The second kappa shape index (κ2) is 5.26. The third-order valence-electron chi connectivity index (χ3n) is 3.79. The topological polar surface area (TPSA) is 53.5 Å². The average molecular weight is 248 g/mol. The molecule has 2 unspecified atom stereocenters. The second-order valence-electron chi connectivity index (χ2n) is 5.16. The Morgan fingerprint density at radius 3 is 3.17 bits per heavy atom. The molecule has 0 spiro atoms. The van der Waals surface area contributed by atoms with Crippen LogP contribution >= 0.6 is 0 Å². The first-order valence-electron chi connectivity index (χ1n) is 6.67. The van der Waals surface area contributed by atoms with Gasteiger partial charge < -0.3 is 20.5 Å². The molecule has 0 bridgehead atoms. The molecule has 0 amide bonds. The van der Waals surface area contributed by atoms with Crippen molar-refractivity contribution in [3.05, 3.63) is 29.3 Å². The zero-order chi connectivity index (χ0) is 12.4. The molecule has 98 valence electrons. The van der Waals surface area contributed by atoms with Gasteiger partial charge in [-0.25, -0.2) is 0 Å². The van der Waals surface area contributed by atoms with Crippen LogP contribution in [0.4, 0.5) is 0 Å². The Kier molecular flexibility index (Phi) is 3.50. The van der Waals surface area contributed by atoms with Crippen LogP contribution < -0.4 is 15.4 Å². The first kappa shape index (κ1) is 12.0. The lowest BCUT2D eigenvalue weighted by Crippen LogP contribution is -2.30. The van der Waals surface area contributed by atoms with E-state index < -0.39 is 0 Å². The van der Waals surface area contributed by atoms with E-state index in [2.05, 4.69) is 28.8 Å². The molecule has 1 aromatic rings. The molecule has 3 N–H and O–H groups in total. The molecule has 0 aliphatic carbocycles. The monoisotopic (exact) mass is 248 g/mol. The molecule has 18 heavy (non-hydrogen) atoms. The van der Waals surface area contributed by atoms with Gasteiger partial charge in [0.15, 0.2) is 0 Å². The van der Waals surface area contributed by atoms with Gasteiger partial charge in [0.25, 0.3) is 0 Å². The van der Waals surface area contributed by atoms with Gasteiger partial charge in [0.1, 0.15) is 5.75 Å². The summed E-state index contributed by atoms with van der Waals surface area (Å²) in [6.45, 7) is 4.17. The fourth-order valence-corrected chi connectivity index (χ4v) is 2.68. The normalized spacial score (nSPS) is 26.1. The maximum absolute atomic E-state index is 9.69. The van der Waals surface area contributed by atoms with Gasteiger partial charge in [0, 0.05) is 38.5 Å². The van der Waals surface area contributed by atoms with Crippen molar-refractivity contribution in [3.63, 3.8) is 0 Å². The Morgan fingerprint density at radius 2 is 2.33 bits per heavy atom. The van der Waals surface area contributed by atoms with Gasteiger partial charge in [-0.15, -0.1) is 0 Å². The van der Waals surface area contributed by atoms with Gasteiger partial charge in [-0.3, -0.25) is 0 Å². The summed E-state index contributed by atoms with van der Waals surface area (Å²) in [5.41, 5.74) is 2.61. The summed E-state index contributed by atoms with van der Waals surface area (Å²) in [6.07, 6.45) is 0.819. The van der Waals surface area contributed by atoms with Crippen molar-refractivity contribution in [2.75, 3.05) is 26.2 Å². The molecule has 2 heterocycles. The summed E-state index contributed by atoms with van der Waals surface area (Å²) in [5.74, 6) is 1.37. The molecule has 0 radical (unpaired) electrons. The zero-order valence-corrected chi connectivity index (χ0v) is 10.5. The number of aliphatic hydroxyl groups excluding tert-OH is 1. The van der Waals surface area contributed by atoms with Gasteiger partial charge in [-0.1, -0.05) is 12.1 Å². The Morgan fingerprint density at radius 1 is 1.39 bits per heavy atom. The van der Waals surface area contributed by atoms with Crippen LogP contribution in [0, 0.1) is 5.92 Å². The van der Waals surface area contributed by atoms with E-state index in [1.54, 1.807) is 0 Å². The van der Waals surface area contributed by atoms with Crippen molar-refractivity contribution in [1.82, 2.24) is 10.6 Å². The van der Waals surface area contributed by atoms with E-state index in [1.165, 1.54) is 11.1 Å². The Balaban J connectivity index is 1.51. The highest BCUT2D eigenvalue weighted by Crippen LogP contribution is 2.25. The van der Waals surface area contributed by atoms with E-state index in [0.717, 1.165) is 45.0 Å². The summed E-state index contributed by atoms with van der Waals surface area (Å²) in [7, 11) is 0. The third kappa shape index (κ3) is 2.51. The van der Waals surface area contributed by atoms with Crippen molar-refractivity contribution in [3.8, 4) is 5.75 Å². The minimum absolute atomic E-state index is 0.203. The largest absolute Gasteiger partial charge is 0.493 e. The number of rotatable bonds is 4. The van der Waals surface area contributed by atoms with E-state index in [-0.39, 0.29) is 6.10 Å². The predicted octanol–water partition coefficient (Wildman–Crippen LogP) is 0.291. The fourth-order valence-electron chi connectivity index (χ4n) is 2.68. The van der Waals surface area contributed by atoms with Crippen LogP contribution in [0.15, 0.2) is 18.2 Å². The smallest absolute Gasteiger partial charge is 0.122 e. The summed E-state index contributed by atoms with van der Waals surface area (Å²) in [6, 6.07) is 6.39. The molecule has 1 fully saturated rings. The highest BCUT2D eigenvalue weighted by molar-refractivity contribution is 5.39. The molecular formula is C14H20N2O2. The van der Waals surface area contributed by atoms with Crippen molar-refractivity contribution < 1.29 is 9.84 Å². The molecule has 4 nitrogen and oxygen atoms in total. The maximum Gasteiger partial charge on any atom is 0.122 e. The van der Waals surface area contributed by atoms with Crippen LogP contribution in [-0.2, 0) is 13.0 Å². The van der Waals surface area contributed by atoms with Crippen LogP contribution in [0.25, 0.3) is 0 Å². The Labute approximate surface area is 107 Å². The molecule has 0 aromatic heterocycles. The van der Waals surface area contributed by atoms with Crippen LogP contribution in [0.3, 0.4) is 0 Å². The quantitative estimate of drug-likeness (QED) is 0.717. The van der Waals surface area contributed by atoms with Gasteiger partial charge in [0.05, 0.1) is 12.7 Å². The number of aliphatic hydroxyl groups is 1. The molecule has 3 rings (SSSR count). The lowest BCUT2D eigenvalue weighted by Gasteiger charge is -2.14. The standard InChI is InChI=1S/C14H20N2O2/c17-13-9-16-8-12(13)7-15-6-10-1-2-14-11(5-10)3-4-18-14/h1-2,5,12-13,15-17H,3-4,6-9H2. The first-order chi connectivity index (χ1) is 8.83. The van der Waals surface area contributed by atoms with Crippen LogP contribution in [0.5, 0.6) is 5.75 Å². The molecule has 2 aliphatic heterocycles. The predicted molar refractivity (Wildman–Crippen MR) is 69.7 cm³/mol. The molecule has 2 atom stereocenters. The zero-order valence-electron chi connectivity index (χ0n) is 10.5. The van der Waals surface area contributed by atoms with Crippen molar-refractivity contribution in [1.29, 1.82) is 0 Å². The summed E-state index contributed by atoms with van der Waals surface area (Å²) in [4.78, 5) is 0. The van der Waals surface area contributed by atoms with Gasteiger partial charge in [-0.05, 0) is 17.2 Å². The molecule has 1 saturated heterocycles. The SMILES string of the molecule is OC1CNCC1CNCc1ccc2c(c1)CCO2. The number of ether oxygens (including phenoxy) is 1. The molecule has 2 aliphatic rings. The summed E-state index contributed by atoms with van der Waals surface area (Å²) < 4.78 is 5.49. The third-order valence-corrected chi connectivity index (χ3v) is 3.79. The maximum atomic E-state index is 9.69. The molecule has 0 saturated carbocycles. The van der Waals surface area contributed by atoms with Crippen LogP contribution in [0.2, 0.25) is 0 Å². The minimum Gasteiger partial charge on any atom is -0.493 e. The number of benzene rings is 1. The van der Waals surface area contributed by atoms with E-state index in [1.807, 2.05) is 0 Å². The molecule has 1 aromatic carbocycles. The lowest BCUT2D eigenvalue weighted by molar-refractivity contribution is 0.146. The Bertz CT molecular complexity index is 422. The highest BCUT2D eigenvalue weighted by atomic mass is 16.5. The minimum atomic E-state index is -0.203. The number of hydrogen-bond acceptors (Lipinski definition) is 4. The Hall–Kier alpha value is -1.10. The van der Waals surface area contributed by atoms with E-state index in [0.29, 0.717) is 5.92 Å². The summed E-state index contributed by atoms with van der Waals surface area (Å²) >= 11 is 0. The highest BCUT2D eigenvalue weighted by Gasteiger charge is 2.24. The fraction of sp³-hybridized carbons (Fsp3) is 0.571. The van der Waals surface area contributed by atoms with Crippen LogP contribution in [-0.4, -0.2) is 37.5 Å². The number of fused-ring (bicyclic) bond motifs is 1. The number of β-amino-alcohol motifs (C(OH)–C–C–N with tert-alkyl or cyclic N) is 1. The van der Waals surface area contributed by atoms with Crippen molar-refractivity contribution in [2.24, 2.45) is 5.92 Å². The van der Waals surface area contributed by atoms with Crippen molar-refractivity contribution in [2.45, 2.75) is 19.1 Å². The van der Waals surface area contributed by atoms with Gasteiger partial charge in [-0.2, -0.15) is 0 Å². The second-order valence-corrected chi connectivity index (χ2v) is 5.16.